The van der Waals surface area contributed by atoms with Gasteiger partial charge in [0, 0.05) is 24.4 Å². The van der Waals surface area contributed by atoms with Gasteiger partial charge in [0.1, 0.15) is 0 Å². The van der Waals surface area contributed by atoms with E-state index in [1.54, 1.807) is 23.5 Å². The molecule has 1 saturated carbocycles. The maximum Gasteiger partial charge on any atom is 0.243 e. The zero-order valence-corrected chi connectivity index (χ0v) is 19.3. The normalized spacial score (nSPS) is 19.4. The number of morpholine rings is 1. The fraction of sp³-hybridized carbons (Fsp3) is 0.522. The van der Waals surface area contributed by atoms with E-state index in [0.717, 1.165) is 5.56 Å². The van der Waals surface area contributed by atoms with Gasteiger partial charge in [0.25, 0.3) is 0 Å². The fourth-order valence-corrected chi connectivity index (χ4v) is 6.73. The second kappa shape index (κ2) is 10.3. The number of sulfonamides is 1. The third-order valence-corrected chi connectivity index (χ3v) is 9.08. The van der Waals surface area contributed by atoms with E-state index in [0.29, 0.717) is 50.0 Å². The molecule has 1 unspecified atom stereocenters. The van der Waals surface area contributed by atoms with Crippen molar-refractivity contribution >= 4 is 27.3 Å². The quantitative estimate of drug-likeness (QED) is 0.648. The summed E-state index contributed by atoms with van der Waals surface area (Å²) < 4.78 is 32.2. The summed E-state index contributed by atoms with van der Waals surface area (Å²) in [5, 5.41) is 5.33. The molecule has 1 aromatic heterocycles. The Morgan fingerprint density at radius 3 is 2.48 bits per heavy atom. The van der Waals surface area contributed by atoms with Crippen LogP contribution in [0.3, 0.4) is 0 Å². The summed E-state index contributed by atoms with van der Waals surface area (Å²) in [6, 6.07) is 11.2. The third kappa shape index (κ3) is 5.55. The van der Waals surface area contributed by atoms with Crippen molar-refractivity contribution in [2.24, 2.45) is 5.92 Å². The minimum absolute atomic E-state index is 0.0512. The van der Waals surface area contributed by atoms with Crippen LogP contribution in [0, 0.1) is 5.92 Å². The molecule has 1 saturated heterocycles. The van der Waals surface area contributed by atoms with E-state index in [1.165, 1.54) is 34.9 Å². The number of carbonyl (C=O) groups excluding carboxylic acids is 1. The van der Waals surface area contributed by atoms with Crippen LogP contribution in [-0.2, 0) is 26.0 Å². The number of thiophene rings is 1. The highest BCUT2D eigenvalue weighted by molar-refractivity contribution is 7.89. The van der Waals surface area contributed by atoms with Crippen LogP contribution in [-0.4, -0.2) is 44.9 Å². The number of carbonyl (C=O) groups is 1. The molecular weight excluding hydrogens is 432 g/mol. The third-order valence-electron chi connectivity index (χ3n) is 6.21. The molecule has 0 radical (unpaired) electrons. The van der Waals surface area contributed by atoms with Gasteiger partial charge < -0.3 is 10.1 Å². The van der Waals surface area contributed by atoms with Crippen LogP contribution in [0.1, 0.15) is 48.6 Å². The number of aryl methyl sites for hydroxylation is 1. The number of nitrogens with one attached hydrogen (secondary N) is 1. The van der Waals surface area contributed by atoms with E-state index in [2.05, 4.69) is 16.8 Å². The summed E-state index contributed by atoms with van der Waals surface area (Å²) in [5.41, 5.74) is 0.963. The Labute approximate surface area is 188 Å². The lowest BCUT2D eigenvalue weighted by atomic mass is 9.96. The molecule has 1 N–H and O–H groups in total. The highest BCUT2D eigenvalue weighted by Gasteiger charge is 2.28. The topological polar surface area (TPSA) is 75.7 Å². The minimum atomic E-state index is -3.49. The molecule has 1 amide bonds. The van der Waals surface area contributed by atoms with Gasteiger partial charge in [0.05, 0.1) is 24.2 Å². The molecule has 1 aliphatic heterocycles. The van der Waals surface area contributed by atoms with Crippen molar-refractivity contribution in [3.8, 4) is 0 Å². The van der Waals surface area contributed by atoms with Crippen LogP contribution >= 0.6 is 11.3 Å². The van der Waals surface area contributed by atoms with E-state index < -0.39 is 10.0 Å². The number of hydrogen-bond acceptors (Lipinski definition) is 5. The average molecular weight is 463 g/mol. The van der Waals surface area contributed by atoms with Crippen molar-refractivity contribution in [3.63, 3.8) is 0 Å². The fourth-order valence-electron chi connectivity index (χ4n) is 4.45. The SMILES string of the molecule is O=C(CCc1ccc(S(=O)(=O)N2CCOCC2)cc1)NC(c1cccs1)C1CCCC1. The molecule has 2 aliphatic rings. The van der Waals surface area contributed by atoms with Gasteiger partial charge in [-0.05, 0) is 54.3 Å². The predicted octanol–water partition coefficient (Wildman–Crippen LogP) is 3.75. The highest BCUT2D eigenvalue weighted by Crippen LogP contribution is 2.37. The molecule has 6 nitrogen and oxygen atoms in total. The van der Waals surface area contributed by atoms with Crippen LogP contribution in [0.2, 0.25) is 0 Å². The smallest absolute Gasteiger partial charge is 0.243 e. The first kappa shape index (κ1) is 22.5. The lowest BCUT2D eigenvalue weighted by Gasteiger charge is -2.26. The first-order chi connectivity index (χ1) is 15.0. The van der Waals surface area contributed by atoms with Gasteiger partial charge >= 0.3 is 0 Å². The van der Waals surface area contributed by atoms with Gasteiger partial charge in [0.2, 0.25) is 15.9 Å². The van der Waals surface area contributed by atoms with E-state index in [4.69, 9.17) is 4.74 Å². The van der Waals surface area contributed by atoms with Gasteiger partial charge in [-0.15, -0.1) is 11.3 Å². The molecule has 1 atom stereocenters. The summed E-state index contributed by atoms with van der Waals surface area (Å²) >= 11 is 1.71. The molecule has 4 rings (SSSR count). The Kier molecular flexibility index (Phi) is 7.43. The first-order valence-electron chi connectivity index (χ1n) is 11.0. The van der Waals surface area contributed by atoms with Crippen molar-refractivity contribution < 1.29 is 17.9 Å². The molecule has 168 valence electrons. The maximum absolute atomic E-state index is 12.7. The lowest BCUT2D eigenvalue weighted by molar-refractivity contribution is -0.122. The van der Waals surface area contributed by atoms with Gasteiger partial charge in [0.15, 0.2) is 0 Å². The van der Waals surface area contributed by atoms with Crippen molar-refractivity contribution in [1.82, 2.24) is 9.62 Å². The van der Waals surface area contributed by atoms with Gasteiger partial charge in [-0.1, -0.05) is 31.0 Å². The Morgan fingerprint density at radius 1 is 1.13 bits per heavy atom. The van der Waals surface area contributed by atoms with Crippen molar-refractivity contribution in [2.45, 2.75) is 49.5 Å². The number of ether oxygens (including phenoxy) is 1. The maximum atomic E-state index is 12.7. The number of benzene rings is 1. The zero-order valence-electron chi connectivity index (χ0n) is 17.7. The Bertz CT molecular complexity index is 946. The molecule has 8 heteroatoms. The second-order valence-electron chi connectivity index (χ2n) is 8.27. The van der Waals surface area contributed by atoms with Crippen LogP contribution < -0.4 is 5.32 Å². The summed E-state index contributed by atoms with van der Waals surface area (Å²) in [4.78, 5) is 14.2. The number of hydrogen-bond donors (Lipinski definition) is 1. The molecule has 2 fully saturated rings. The summed E-state index contributed by atoms with van der Waals surface area (Å²) in [6.45, 7) is 1.63. The van der Waals surface area contributed by atoms with E-state index in [9.17, 15) is 13.2 Å². The molecule has 1 aliphatic carbocycles. The standard InChI is InChI=1S/C23H30N2O4S2/c26-22(24-23(19-4-1-2-5-19)21-6-3-17-30-21)12-9-18-7-10-20(11-8-18)31(27,28)25-13-15-29-16-14-25/h3,6-8,10-11,17,19,23H,1-2,4-5,9,12-16H2,(H,24,26). The summed E-state index contributed by atoms with van der Waals surface area (Å²) in [7, 11) is -3.49. The summed E-state index contributed by atoms with van der Waals surface area (Å²) in [6.07, 6.45) is 5.80. The molecule has 2 heterocycles. The van der Waals surface area contributed by atoms with Gasteiger partial charge in [-0.2, -0.15) is 4.31 Å². The van der Waals surface area contributed by atoms with Crippen LogP contribution in [0.15, 0.2) is 46.7 Å². The Balaban J connectivity index is 1.33. The Hall–Kier alpha value is -1.74. The molecule has 0 spiro atoms. The second-order valence-corrected chi connectivity index (χ2v) is 11.2. The Morgan fingerprint density at radius 2 is 1.84 bits per heavy atom. The average Bonchev–Trinajstić information content (AvgIpc) is 3.52. The highest BCUT2D eigenvalue weighted by atomic mass is 32.2. The van der Waals surface area contributed by atoms with Gasteiger partial charge in [-0.25, -0.2) is 8.42 Å². The van der Waals surface area contributed by atoms with Crippen molar-refractivity contribution in [3.05, 3.63) is 52.2 Å². The van der Waals surface area contributed by atoms with Crippen molar-refractivity contribution in [2.75, 3.05) is 26.3 Å². The molecule has 2 aromatic rings. The van der Waals surface area contributed by atoms with Gasteiger partial charge in [-0.3, -0.25) is 4.79 Å². The molecular formula is C23H30N2O4S2. The summed E-state index contributed by atoms with van der Waals surface area (Å²) in [5.74, 6) is 0.572. The molecule has 1 aromatic carbocycles. The van der Waals surface area contributed by atoms with E-state index in [-0.39, 0.29) is 11.9 Å². The number of nitrogens with zero attached hydrogens (tertiary/aromatic N) is 1. The van der Waals surface area contributed by atoms with E-state index >= 15 is 0 Å². The first-order valence-corrected chi connectivity index (χ1v) is 13.4. The van der Waals surface area contributed by atoms with Crippen LogP contribution in [0.5, 0.6) is 0 Å². The predicted molar refractivity (Wildman–Crippen MR) is 122 cm³/mol. The van der Waals surface area contributed by atoms with E-state index in [1.807, 2.05) is 18.2 Å². The molecule has 0 bridgehead atoms. The molecule has 31 heavy (non-hydrogen) atoms. The van der Waals surface area contributed by atoms with Crippen LogP contribution in [0.25, 0.3) is 0 Å². The number of rotatable bonds is 8. The largest absolute Gasteiger partial charge is 0.379 e. The van der Waals surface area contributed by atoms with Crippen LogP contribution in [0.4, 0.5) is 0 Å². The zero-order chi connectivity index (χ0) is 21.7. The monoisotopic (exact) mass is 462 g/mol. The lowest BCUT2D eigenvalue weighted by Crippen LogP contribution is -2.40. The van der Waals surface area contributed by atoms with Crippen molar-refractivity contribution in [1.29, 1.82) is 0 Å². The minimum Gasteiger partial charge on any atom is -0.379 e. The number of amides is 1.